The number of likely N-dealkylation sites (N-methyl/N-ethyl adjacent to an activating group) is 1. The Morgan fingerprint density at radius 2 is 1.92 bits per heavy atom. The summed E-state index contributed by atoms with van der Waals surface area (Å²) in [6.07, 6.45) is 2.57. The molecule has 0 atom stereocenters. The number of rotatable bonds is 10. The molecule has 0 aliphatic heterocycles. The molecule has 0 radical (unpaired) electrons. The van der Waals surface area contributed by atoms with Crippen LogP contribution in [0.3, 0.4) is 0 Å². The van der Waals surface area contributed by atoms with Crippen LogP contribution in [0.15, 0.2) is 58.1 Å². The molecule has 0 bridgehead atoms. The molecule has 0 fully saturated rings. The fourth-order valence-corrected chi connectivity index (χ4v) is 2.32. The van der Waals surface area contributed by atoms with Crippen molar-refractivity contribution in [3.8, 4) is 0 Å². The molecule has 1 heterocycles. The largest absolute Gasteiger partial charge is 0.467 e. The molecule has 0 unspecified atom stereocenters. The third kappa shape index (κ3) is 7.30. The van der Waals surface area contributed by atoms with Crippen molar-refractivity contribution < 1.29 is 9.15 Å². The zero-order valence-electron chi connectivity index (χ0n) is 15.1. The average Bonchev–Trinajstić information content (AvgIpc) is 3.17. The molecule has 2 aromatic rings. The number of nitrogens with one attached hydrogen (secondary N) is 2. The van der Waals surface area contributed by atoms with E-state index in [0.29, 0.717) is 13.2 Å². The van der Waals surface area contributed by atoms with Crippen LogP contribution >= 0.6 is 0 Å². The molecule has 6 heteroatoms. The Morgan fingerprint density at radius 1 is 1.12 bits per heavy atom. The van der Waals surface area contributed by atoms with Crippen LogP contribution in [0.4, 0.5) is 5.69 Å². The summed E-state index contributed by atoms with van der Waals surface area (Å²) in [6, 6.07) is 14.1. The van der Waals surface area contributed by atoms with Crippen LogP contribution in [0.1, 0.15) is 12.2 Å². The molecule has 2 N–H and O–H groups in total. The van der Waals surface area contributed by atoms with Gasteiger partial charge < -0.3 is 24.7 Å². The van der Waals surface area contributed by atoms with Crippen LogP contribution in [-0.2, 0) is 11.3 Å². The van der Waals surface area contributed by atoms with Gasteiger partial charge in [-0.05, 0) is 30.7 Å². The van der Waals surface area contributed by atoms with E-state index in [4.69, 9.17) is 9.15 Å². The van der Waals surface area contributed by atoms with Gasteiger partial charge in [-0.1, -0.05) is 18.2 Å². The smallest absolute Gasteiger partial charge is 0.191 e. The maximum Gasteiger partial charge on any atom is 0.191 e. The molecule has 25 heavy (non-hydrogen) atoms. The molecular weight excluding hydrogens is 316 g/mol. The number of para-hydroxylation sites is 1. The standard InChI is InChI=1S/C19H28N4O2/c1-20-19(21-11-7-14-24-16-18-10-6-15-25-18)22-12-13-23(2)17-8-4-3-5-9-17/h3-6,8-10,15H,7,11-14,16H2,1-2H3,(H2,20,21,22). The van der Waals surface area contributed by atoms with Crippen LogP contribution in [0.25, 0.3) is 0 Å². The van der Waals surface area contributed by atoms with E-state index < -0.39 is 0 Å². The van der Waals surface area contributed by atoms with Crippen molar-refractivity contribution in [3.05, 3.63) is 54.5 Å². The lowest BCUT2D eigenvalue weighted by Crippen LogP contribution is -2.41. The molecule has 1 aromatic heterocycles. The lowest BCUT2D eigenvalue weighted by atomic mass is 10.3. The highest BCUT2D eigenvalue weighted by molar-refractivity contribution is 5.79. The molecule has 1 aromatic carbocycles. The molecule has 0 spiro atoms. The number of aliphatic imine (C=N–C) groups is 1. The highest BCUT2D eigenvalue weighted by atomic mass is 16.5. The van der Waals surface area contributed by atoms with Crippen molar-refractivity contribution in [2.24, 2.45) is 4.99 Å². The molecule has 0 aliphatic rings. The zero-order chi connectivity index (χ0) is 17.7. The van der Waals surface area contributed by atoms with Gasteiger partial charge in [-0.2, -0.15) is 0 Å². The number of hydrogen-bond donors (Lipinski definition) is 2. The monoisotopic (exact) mass is 344 g/mol. The molecule has 0 aliphatic carbocycles. The minimum Gasteiger partial charge on any atom is -0.467 e. The molecule has 0 saturated carbocycles. The first-order chi connectivity index (χ1) is 12.3. The van der Waals surface area contributed by atoms with E-state index in [2.05, 4.69) is 39.7 Å². The highest BCUT2D eigenvalue weighted by Gasteiger charge is 2.01. The molecular formula is C19H28N4O2. The molecule has 6 nitrogen and oxygen atoms in total. The Morgan fingerprint density at radius 3 is 2.64 bits per heavy atom. The number of hydrogen-bond acceptors (Lipinski definition) is 4. The van der Waals surface area contributed by atoms with Crippen molar-refractivity contribution in [2.75, 3.05) is 45.2 Å². The minimum absolute atomic E-state index is 0.520. The Kier molecular flexibility index (Phi) is 8.41. The lowest BCUT2D eigenvalue weighted by molar-refractivity contribution is 0.105. The van der Waals surface area contributed by atoms with Crippen LogP contribution in [0.5, 0.6) is 0 Å². The quantitative estimate of drug-likeness (QED) is 0.394. The summed E-state index contributed by atoms with van der Waals surface area (Å²) in [4.78, 5) is 6.45. The van der Waals surface area contributed by atoms with E-state index in [1.807, 2.05) is 30.3 Å². The third-order valence-electron chi connectivity index (χ3n) is 3.74. The predicted octanol–water partition coefficient (Wildman–Crippen LogP) is 2.49. The van der Waals surface area contributed by atoms with Gasteiger partial charge in [0.1, 0.15) is 12.4 Å². The normalized spacial score (nSPS) is 11.4. The van der Waals surface area contributed by atoms with E-state index in [0.717, 1.165) is 37.8 Å². The van der Waals surface area contributed by atoms with Gasteiger partial charge in [-0.15, -0.1) is 0 Å². The number of guanidine groups is 1. The van der Waals surface area contributed by atoms with Crippen LogP contribution in [0.2, 0.25) is 0 Å². The topological polar surface area (TPSA) is 62.0 Å². The summed E-state index contributed by atoms with van der Waals surface area (Å²) in [5, 5.41) is 6.62. The summed E-state index contributed by atoms with van der Waals surface area (Å²) in [7, 11) is 3.87. The Bertz CT molecular complexity index is 599. The SMILES string of the molecule is CN=C(NCCCOCc1ccco1)NCCN(C)c1ccccc1. The van der Waals surface area contributed by atoms with Gasteiger partial charge in [0.15, 0.2) is 5.96 Å². The Labute approximate surface area is 149 Å². The second kappa shape index (κ2) is 11.1. The number of anilines is 1. The van der Waals surface area contributed by atoms with E-state index >= 15 is 0 Å². The Hall–Kier alpha value is -2.47. The van der Waals surface area contributed by atoms with Gasteiger partial charge in [-0.3, -0.25) is 4.99 Å². The zero-order valence-corrected chi connectivity index (χ0v) is 15.1. The maximum absolute atomic E-state index is 5.55. The minimum atomic E-state index is 0.520. The van der Waals surface area contributed by atoms with Crippen LogP contribution in [-0.4, -0.2) is 46.3 Å². The number of ether oxygens (including phenoxy) is 1. The van der Waals surface area contributed by atoms with Gasteiger partial charge in [0.25, 0.3) is 0 Å². The van der Waals surface area contributed by atoms with E-state index in [-0.39, 0.29) is 0 Å². The fraction of sp³-hybridized carbons (Fsp3) is 0.421. The summed E-state index contributed by atoms with van der Waals surface area (Å²) in [6.45, 7) is 3.73. The average molecular weight is 344 g/mol. The summed E-state index contributed by atoms with van der Waals surface area (Å²) in [5.41, 5.74) is 1.21. The van der Waals surface area contributed by atoms with Crippen LogP contribution < -0.4 is 15.5 Å². The van der Waals surface area contributed by atoms with Crippen LogP contribution in [0, 0.1) is 0 Å². The van der Waals surface area contributed by atoms with E-state index in [1.54, 1.807) is 13.3 Å². The van der Waals surface area contributed by atoms with Gasteiger partial charge in [0.05, 0.1) is 6.26 Å². The number of furan rings is 1. The lowest BCUT2D eigenvalue weighted by Gasteiger charge is -2.20. The van der Waals surface area contributed by atoms with E-state index in [1.165, 1.54) is 5.69 Å². The Balaban J connectivity index is 1.53. The van der Waals surface area contributed by atoms with Crippen molar-refractivity contribution in [1.29, 1.82) is 0 Å². The highest BCUT2D eigenvalue weighted by Crippen LogP contribution is 2.09. The summed E-state index contributed by atoms with van der Waals surface area (Å²) >= 11 is 0. The van der Waals surface area contributed by atoms with Gasteiger partial charge in [0.2, 0.25) is 0 Å². The number of benzene rings is 1. The van der Waals surface area contributed by atoms with E-state index in [9.17, 15) is 0 Å². The first kappa shape index (κ1) is 18.9. The van der Waals surface area contributed by atoms with Gasteiger partial charge in [-0.25, -0.2) is 0 Å². The van der Waals surface area contributed by atoms with Crippen molar-refractivity contribution in [3.63, 3.8) is 0 Å². The van der Waals surface area contributed by atoms with Gasteiger partial charge in [0, 0.05) is 46.0 Å². The van der Waals surface area contributed by atoms with Gasteiger partial charge >= 0.3 is 0 Å². The van der Waals surface area contributed by atoms with Crippen molar-refractivity contribution in [1.82, 2.24) is 10.6 Å². The second-order valence-corrected chi connectivity index (χ2v) is 5.67. The maximum atomic E-state index is 5.55. The summed E-state index contributed by atoms with van der Waals surface area (Å²) in [5.74, 6) is 1.67. The molecule has 2 rings (SSSR count). The predicted molar refractivity (Wildman–Crippen MR) is 102 cm³/mol. The fourth-order valence-electron chi connectivity index (χ4n) is 2.32. The van der Waals surface area contributed by atoms with Crippen molar-refractivity contribution >= 4 is 11.6 Å². The first-order valence-electron chi connectivity index (χ1n) is 8.60. The van der Waals surface area contributed by atoms with Crippen molar-refractivity contribution in [2.45, 2.75) is 13.0 Å². The molecule has 136 valence electrons. The summed E-state index contributed by atoms with van der Waals surface area (Å²) < 4.78 is 10.8. The second-order valence-electron chi connectivity index (χ2n) is 5.67. The number of nitrogens with zero attached hydrogens (tertiary/aromatic N) is 2. The molecule has 0 saturated heterocycles. The first-order valence-corrected chi connectivity index (χ1v) is 8.60. The molecule has 0 amide bonds. The third-order valence-corrected chi connectivity index (χ3v) is 3.74.